The lowest BCUT2D eigenvalue weighted by Gasteiger charge is -2.09. The molecule has 5 heteroatoms. The molecule has 0 aliphatic carbocycles. The second-order valence-electron chi connectivity index (χ2n) is 4.31. The van der Waals surface area contributed by atoms with E-state index in [4.69, 9.17) is 23.2 Å². The second-order valence-corrected chi connectivity index (χ2v) is 5.10. The third-order valence-corrected chi connectivity index (χ3v) is 3.52. The zero-order valence-electron chi connectivity index (χ0n) is 10.5. The lowest BCUT2D eigenvalue weighted by atomic mass is 10.1. The molecular weight excluding hydrogens is 293 g/mol. The number of nitrogens with zero attached hydrogens (tertiary/aromatic N) is 2. The van der Waals surface area contributed by atoms with E-state index < -0.39 is 0 Å². The number of pyridine rings is 2. The van der Waals surface area contributed by atoms with Gasteiger partial charge in [-0.15, -0.1) is 0 Å². The van der Waals surface area contributed by atoms with E-state index in [1.807, 2.05) is 36.4 Å². The van der Waals surface area contributed by atoms with Gasteiger partial charge in [-0.3, -0.25) is 4.98 Å². The maximum absolute atomic E-state index is 6.18. The molecule has 0 fully saturated rings. The molecule has 0 spiro atoms. The first kappa shape index (κ1) is 13.2. The summed E-state index contributed by atoms with van der Waals surface area (Å²) >= 11 is 12.0. The van der Waals surface area contributed by atoms with Crippen LogP contribution in [0.25, 0.3) is 10.9 Å². The van der Waals surface area contributed by atoms with Crippen LogP contribution >= 0.6 is 23.2 Å². The van der Waals surface area contributed by atoms with Crippen molar-refractivity contribution in [1.82, 2.24) is 9.97 Å². The van der Waals surface area contributed by atoms with E-state index in [0.717, 1.165) is 22.3 Å². The Bertz CT molecular complexity index is 759. The fourth-order valence-electron chi connectivity index (χ4n) is 2.03. The van der Waals surface area contributed by atoms with E-state index in [-0.39, 0.29) is 0 Å². The molecule has 1 aromatic carbocycles. The number of nitrogens with one attached hydrogen (secondary N) is 1. The molecule has 0 aliphatic heterocycles. The van der Waals surface area contributed by atoms with Crippen LogP contribution in [0.1, 0.15) is 5.56 Å². The minimum atomic E-state index is 0.467. The normalized spacial score (nSPS) is 10.7. The predicted octanol–water partition coefficient (Wildman–Crippen LogP) is 4.55. The van der Waals surface area contributed by atoms with Crippen LogP contribution in [0.15, 0.2) is 48.7 Å². The summed E-state index contributed by atoms with van der Waals surface area (Å²) < 4.78 is 0. The van der Waals surface area contributed by atoms with Crippen molar-refractivity contribution in [3.05, 3.63) is 64.4 Å². The van der Waals surface area contributed by atoms with Gasteiger partial charge in [-0.1, -0.05) is 35.3 Å². The molecule has 0 unspecified atom stereocenters. The van der Waals surface area contributed by atoms with Gasteiger partial charge in [0.2, 0.25) is 0 Å². The highest BCUT2D eigenvalue weighted by molar-refractivity contribution is 6.35. The van der Waals surface area contributed by atoms with E-state index in [2.05, 4.69) is 15.3 Å². The number of hydrogen-bond acceptors (Lipinski definition) is 3. The van der Waals surface area contributed by atoms with Crippen LogP contribution in [0.4, 0.5) is 5.82 Å². The number of anilines is 1. The third kappa shape index (κ3) is 2.69. The van der Waals surface area contributed by atoms with Crippen molar-refractivity contribution >= 4 is 39.9 Å². The van der Waals surface area contributed by atoms with E-state index in [1.54, 1.807) is 12.3 Å². The largest absolute Gasteiger partial charge is 0.366 e. The SMILES string of the molecule is Clc1cccc(NCc2ccc(Cl)c3cccnc23)n1. The Hall–Kier alpha value is -1.84. The van der Waals surface area contributed by atoms with Gasteiger partial charge in [-0.25, -0.2) is 4.98 Å². The zero-order chi connectivity index (χ0) is 13.9. The van der Waals surface area contributed by atoms with Crippen molar-refractivity contribution < 1.29 is 0 Å². The number of fused-ring (bicyclic) bond motifs is 1. The molecule has 0 bridgehead atoms. The molecule has 3 aromatic rings. The Morgan fingerprint density at radius 1 is 1.00 bits per heavy atom. The zero-order valence-corrected chi connectivity index (χ0v) is 12.0. The van der Waals surface area contributed by atoms with Crippen LogP contribution in [-0.2, 0) is 6.54 Å². The molecule has 2 heterocycles. The van der Waals surface area contributed by atoms with Crippen LogP contribution in [0, 0.1) is 0 Å². The first-order chi connectivity index (χ1) is 9.74. The summed E-state index contributed by atoms with van der Waals surface area (Å²) in [4.78, 5) is 8.59. The molecule has 3 rings (SSSR count). The molecule has 2 aromatic heterocycles. The average Bonchev–Trinajstić information content (AvgIpc) is 2.47. The summed E-state index contributed by atoms with van der Waals surface area (Å²) in [5.74, 6) is 0.733. The maximum Gasteiger partial charge on any atom is 0.131 e. The van der Waals surface area contributed by atoms with E-state index in [9.17, 15) is 0 Å². The van der Waals surface area contributed by atoms with Gasteiger partial charge in [0, 0.05) is 23.2 Å². The average molecular weight is 304 g/mol. The first-order valence-electron chi connectivity index (χ1n) is 6.12. The molecule has 1 N–H and O–H groups in total. The lowest BCUT2D eigenvalue weighted by Crippen LogP contribution is -2.02. The number of halogens is 2. The quantitative estimate of drug-likeness (QED) is 0.721. The Labute approximate surface area is 126 Å². The van der Waals surface area contributed by atoms with Gasteiger partial charge in [0.05, 0.1) is 5.52 Å². The molecule has 3 nitrogen and oxygen atoms in total. The van der Waals surface area contributed by atoms with Crippen LogP contribution < -0.4 is 5.32 Å². The van der Waals surface area contributed by atoms with Crippen LogP contribution in [-0.4, -0.2) is 9.97 Å². The van der Waals surface area contributed by atoms with Gasteiger partial charge >= 0.3 is 0 Å². The molecule has 0 saturated heterocycles. The Morgan fingerprint density at radius 3 is 2.75 bits per heavy atom. The molecule has 100 valence electrons. The predicted molar refractivity (Wildman–Crippen MR) is 83.3 cm³/mol. The second kappa shape index (κ2) is 5.65. The van der Waals surface area contributed by atoms with Gasteiger partial charge in [-0.2, -0.15) is 0 Å². The molecule has 0 atom stereocenters. The number of rotatable bonds is 3. The maximum atomic E-state index is 6.18. The monoisotopic (exact) mass is 303 g/mol. The molecular formula is C15H11Cl2N3. The van der Waals surface area contributed by atoms with Gasteiger partial charge in [0.1, 0.15) is 11.0 Å². The van der Waals surface area contributed by atoms with Crippen molar-refractivity contribution in [1.29, 1.82) is 0 Å². The molecule has 0 radical (unpaired) electrons. The van der Waals surface area contributed by atoms with Crippen LogP contribution in [0.5, 0.6) is 0 Å². The molecule has 0 aliphatic rings. The number of benzene rings is 1. The molecule has 0 saturated carbocycles. The fraction of sp³-hybridized carbons (Fsp3) is 0.0667. The number of hydrogen-bond donors (Lipinski definition) is 1. The Morgan fingerprint density at radius 2 is 1.90 bits per heavy atom. The fourth-order valence-corrected chi connectivity index (χ4v) is 2.41. The van der Waals surface area contributed by atoms with Crippen molar-refractivity contribution in [2.24, 2.45) is 0 Å². The summed E-state index contributed by atoms with van der Waals surface area (Å²) in [5, 5.41) is 5.36. The standard InChI is InChI=1S/C15H11Cl2N3/c16-12-7-6-10(15-11(12)3-2-8-18-15)9-19-14-5-1-4-13(17)20-14/h1-8H,9H2,(H,19,20). The third-order valence-electron chi connectivity index (χ3n) is 2.98. The van der Waals surface area contributed by atoms with Crippen molar-refractivity contribution in [3.63, 3.8) is 0 Å². The smallest absolute Gasteiger partial charge is 0.131 e. The Kier molecular flexibility index (Phi) is 3.72. The first-order valence-corrected chi connectivity index (χ1v) is 6.88. The minimum absolute atomic E-state index is 0.467. The Balaban J connectivity index is 1.90. The lowest BCUT2D eigenvalue weighted by molar-refractivity contribution is 1.12. The van der Waals surface area contributed by atoms with Crippen molar-refractivity contribution in [2.75, 3.05) is 5.32 Å². The van der Waals surface area contributed by atoms with E-state index >= 15 is 0 Å². The highest BCUT2D eigenvalue weighted by atomic mass is 35.5. The van der Waals surface area contributed by atoms with Gasteiger partial charge in [0.25, 0.3) is 0 Å². The van der Waals surface area contributed by atoms with E-state index in [1.165, 1.54) is 0 Å². The summed E-state index contributed by atoms with van der Waals surface area (Å²) in [6.07, 6.45) is 1.76. The van der Waals surface area contributed by atoms with Crippen molar-refractivity contribution in [2.45, 2.75) is 6.54 Å². The molecule has 20 heavy (non-hydrogen) atoms. The molecule has 0 amide bonds. The number of aromatic nitrogens is 2. The van der Waals surface area contributed by atoms with Crippen LogP contribution in [0.2, 0.25) is 10.2 Å². The highest BCUT2D eigenvalue weighted by Crippen LogP contribution is 2.25. The summed E-state index contributed by atoms with van der Waals surface area (Å²) in [6.45, 7) is 0.609. The highest BCUT2D eigenvalue weighted by Gasteiger charge is 2.05. The van der Waals surface area contributed by atoms with E-state index in [0.29, 0.717) is 16.7 Å². The van der Waals surface area contributed by atoms with Crippen LogP contribution in [0.3, 0.4) is 0 Å². The summed E-state index contributed by atoms with van der Waals surface area (Å²) in [7, 11) is 0. The van der Waals surface area contributed by atoms with Gasteiger partial charge in [-0.05, 0) is 35.9 Å². The van der Waals surface area contributed by atoms with Gasteiger partial charge < -0.3 is 5.32 Å². The summed E-state index contributed by atoms with van der Waals surface area (Å²) in [5.41, 5.74) is 1.96. The summed E-state index contributed by atoms with van der Waals surface area (Å²) in [6, 6.07) is 13.2. The topological polar surface area (TPSA) is 37.8 Å². The van der Waals surface area contributed by atoms with Crippen molar-refractivity contribution in [3.8, 4) is 0 Å². The minimum Gasteiger partial charge on any atom is -0.366 e. The van der Waals surface area contributed by atoms with Gasteiger partial charge in [0.15, 0.2) is 0 Å².